The molecule has 0 amide bonds. The van der Waals surface area contributed by atoms with Crippen LogP contribution in [0.15, 0.2) is 24.4 Å². The van der Waals surface area contributed by atoms with Crippen LogP contribution in [0, 0.1) is 13.8 Å². The summed E-state index contributed by atoms with van der Waals surface area (Å²) >= 11 is 0. The molecule has 0 atom stereocenters. The number of hydrogen-bond donors (Lipinski definition) is 1. The number of nitrogens with one attached hydrogen (secondary N) is 1. The molecule has 0 fully saturated rings. The van der Waals surface area contributed by atoms with E-state index in [1.165, 1.54) is 22.3 Å². The van der Waals surface area contributed by atoms with Gasteiger partial charge in [-0.05, 0) is 26.0 Å². The first-order valence-electron chi connectivity index (χ1n) is 6.42. The minimum absolute atomic E-state index is 0.868. The number of aryl methyl sites for hydroxylation is 3. The molecule has 0 aliphatic heterocycles. The smallest absolute Gasteiger partial charge is 0.0970 e. The van der Waals surface area contributed by atoms with Crippen LogP contribution < -0.4 is 5.32 Å². The van der Waals surface area contributed by atoms with Crippen LogP contribution in [0.3, 0.4) is 0 Å². The maximum absolute atomic E-state index is 4.60. The van der Waals surface area contributed by atoms with Crippen LogP contribution in [0.4, 0.5) is 0 Å². The summed E-state index contributed by atoms with van der Waals surface area (Å²) in [7, 11) is 1.97. The van der Waals surface area contributed by atoms with Gasteiger partial charge in [-0.25, -0.2) is 0 Å². The number of hydrogen-bond acceptors (Lipinski definition) is 2. The van der Waals surface area contributed by atoms with Crippen LogP contribution in [0.5, 0.6) is 0 Å². The van der Waals surface area contributed by atoms with Crippen molar-refractivity contribution in [2.24, 2.45) is 7.05 Å². The number of aromatic nitrogens is 2. The van der Waals surface area contributed by atoms with Gasteiger partial charge in [0.05, 0.1) is 5.69 Å². The second-order valence-corrected chi connectivity index (χ2v) is 4.78. The highest BCUT2D eigenvalue weighted by molar-refractivity contribution is 5.66. The molecular formula is C15H21N3. The minimum atomic E-state index is 0.868. The minimum Gasteiger partial charge on any atom is -0.313 e. The Kier molecular flexibility index (Phi) is 3.82. The van der Waals surface area contributed by atoms with Crippen LogP contribution in [0.25, 0.3) is 11.3 Å². The third-order valence-electron chi connectivity index (χ3n) is 3.11. The van der Waals surface area contributed by atoms with Crippen molar-refractivity contribution in [1.29, 1.82) is 0 Å². The Morgan fingerprint density at radius 2 is 2.06 bits per heavy atom. The van der Waals surface area contributed by atoms with Gasteiger partial charge >= 0.3 is 0 Å². The van der Waals surface area contributed by atoms with Crippen molar-refractivity contribution in [3.8, 4) is 11.3 Å². The van der Waals surface area contributed by atoms with Crippen molar-refractivity contribution < 1.29 is 0 Å². The summed E-state index contributed by atoms with van der Waals surface area (Å²) in [6.45, 7) is 8.23. The van der Waals surface area contributed by atoms with E-state index in [1.807, 2.05) is 11.7 Å². The Morgan fingerprint density at radius 3 is 2.72 bits per heavy atom. The van der Waals surface area contributed by atoms with Crippen LogP contribution in [0.1, 0.15) is 23.6 Å². The molecular weight excluding hydrogens is 222 g/mol. The molecule has 1 aromatic carbocycles. The predicted octanol–water partition coefficient (Wildman–Crippen LogP) is 2.81. The topological polar surface area (TPSA) is 29.9 Å². The Morgan fingerprint density at radius 1 is 1.28 bits per heavy atom. The van der Waals surface area contributed by atoms with Gasteiger partial charge in [0.2, 0.25) is 0 Å². The largest absolute Gasteiger partial charge is 0.313 e. The molecule has 1 N–H and O–H groups in total. The first-order valence-corrected chi connectivity index (χ1v) is 6.42. The molecule has 96 valence electrons. The quantitative estimate of drug-likeness (QED) is 0.895. The van der Waals surface area contributed by atoms with Crippen molar-refractivity contribution >= 4 is 0 Å². The molecule has 0 aliphatic rings. The second kappa shape index (κ2) is 5.36. The molecule has 3 nitrogen and oxygen atoms in total. The number of nitrogens with zero attached hydrogens (tertiary/aromatic N) is 2. The Labute approximate surface area is 109 Å². The lowest BCUT2D eigenvalue weighted by molar-refractivity contribution is 0.724. The van der Waals surface area contributed by atoms with Gasteiger partial charge in [-0.15, -0.1) is 0 Å². The van der Waals surface area contributed by atoms with Crippen LogP contribution >= 0.6 is 0 Å². The zero-order valence-electron chi connectivity index (χ0n) is 11.6. The van der Waals surface area contributed by atoms with Gasteiger partial charge in [0.25, 0.3) is 0 Å². The van der Waals surface area contributed by atoms with E-state index in [0.717, 1.165) is 18.8 Å². The molecule has 2 aromatic rings. The highest BCUT2D eigenvalue weighted by Crippen LogP contribution is 2.26. The average molecular weight is 243 g/mol. The Bertz CT molecular complexity index is 541. The van der Waals surface area contributed by atoms with Crippen LogP contribution in [-0.2, 0) is 13.6 Å². The lowest BCUT2D eigenvalue weighted by Gasteiger charge is -2.07. The summed E-state index contributed by atoms with van der Waals surface area (Å²) in [4.78, 5) is 0. The molecule has 0 saturated heterocycles. The van der Waals surface area contributed by atoms with Gasteiger partial charge in [0.15, 0.2) is 0 Å². The van der Waals surface area contributed by atoms with E-state index in [2.05, 4.69) is 55.6 Å². The van der Waals surface area contributed by atoms with E-state index in [-0.39, 0.29) is 0 Å². The van der Waals surface area contributed by atoms with Crippen molar-refractivity contribution in [1.82, 2.24) is 15.1 Å². The van der Waals surface area contributed by atoms with Gasteiger partial charge in [-0.2, -0.15) is 5.10 Å². The molecule has 0 aliphatic carbocycles. The fourth-order valence-corrected chi connectivity index (χ4v) is 2.23. The lowest BCUT2D eigenvalue weighted by Crippen LogP contribution is -2.11. The highest BCUT2D eigenvalue weighted by Gasteiger charge is 2.11. The normalized spacial score (nSPS) is 10.9. The highest BCUT2D eigenvalue weighted by atomic mass is 15.3. The second-order valence-electron chi connectivity index (χ2n) is 4.78. The van der Waals surface area contributed by atoms with E-state index >= 15 is 0 Å². The van der Waals surface area contributed by atoms with Crippen molar-refractivity contribution in [2.75, 3.05) is 6.54 Å². The maximum atomic E-state index is 4.60. The van der Waals surface area contributed by atoms with Gasteiger partial charge in [-0.3, -0.25) is 4.68 Å². The summed E-state index contributed by atoms with van der Waals surface area (Å²) in [5.74, 6) is 0. The fraction of sp³-hybridized carbons (Fsp3) is 0.400. The molecule has 1 heterocycles. The van der Waals surface area contributed by atoms with Crippen molar-refractivity contribution in [3.05, 3.63) is 41.1 Å². The maximum Gasteiger partial charge on any atom is 0.0970 e. The average Bonchev–Trinajstić information content (AvgIpc) is 2.67. The van der Waals surface area contributed by atoms with E-state index < -0.39 is 0 Å². The summed E-state index contributed by atoms with van der Waals surface area (Å²) in [5.41, 5.74) is 6.16. The number of rotatable bonds is 4. The molecule has 1 aromatic heterocycles. The van der Waals surface area contributed by atoms with E-state index in [9.17, 15) is 0 Å². The molecule has 18 heavy (non-hydrogen) atoms. The predicted molar refractivity (Wildman–Crippen MR) is 75.5 cm³/mol. The lowest BCUT2D eigenvalue weighted by atomic mass is 10.0. The molecule has 2 rings (SSSR count). The zero-order valence-corrected chi connectivity index (χ0v) is 11.6. The standard InChI is InChI=1S/C15H21N3/c1-5-16-9-13-10-18(4)17-15(13)14-7-6-11(2)8-12(14)3/h6-8,10,16H,5,9H2,1-4H3. The monoisotopic (exact) mass is 243 g/mol. The van der Waals surface area contributed by atoms with E-state index in [0.29, 0.717) is 0 Å². The van der Waals surface area contributed by atoms with Gasteiger partial charge in [0.1, 0.15) is 0 Å². The summed E-state index contributed by atoms with van der Waals surface area (Å²) < 4.78 is 1.89. The third kappa shape index (κ3) is 2.62. The van der Waals surface area contributed by atoms with E-state index in [4.69, 9.17) is 0 Å². The summed E-state index contributed by atoms with van der Waals surface area (Å²) in [5, 5.41) is 7.97. The third-order valence-corrected chi connectivity index (χ3v) is 3.11. The molecule has 0 saturated carbocycles. The molecule has 3 heteroatoms. The van der Waals surface area contributed by atoms with E-state index in [1.54, 1.807) is 0 Å². The molecule has 0 unspecified atom stereocenters. The fourth-order valence-electron chi connectivity index (χ4n) is 2.23. The van der Waals surface area contributed by atoms with Crippen LogP contribution in [0.2, 0.25) is 0 Å². The Balaban J connectivity index is 2.42. The van der Waals surface area contributed by atoms with Gasteiger partial charge in [0, 0.05) is 30.9 Å². The first kappa shape index (κ1) is 12.8. The molecule has 0 bridgehead atoms. The first-order chi connectivity index (χ1) is 8.61. The van der Waals surface area contributed by atoms with Gasteiger partial charge < -0.3 is 5.32 Å². The van der Waals surface area contributed by atoms with Crippen LogP contribution in [-0.4, -0.2) is 16.3 Å². The number of benzene rings is 1. The zero-order chi connectivity index (χ0) is 13.1. The summed E-state index contributed by atoms with van der Waals surface area (Å²) in [6, 6.07) is 6.53. The SMILES string of the molecule is CCNCc1cn(C)nc1-c1ccc(C)cc1C. The molecule has 0 radical (unpaired) electrons. The van der Waals surface area contributed by atoms with Crippen molar-refractivity contribution in [2.45, 2.75) is 27.3 Å². The van der Waals surface area contributed by atoms with Gasteiger partial charge in [-0.1, -0.05) is 30.7 Å². The molecule has 0 spiro atoms. The Hall–Kier alpha value is -1.61. The summed E-state index contributed by atoms with van der Waals surface area (Å²) in [6.07, 6.45) is 2.09. The van der Waals surface area contributed by atoms with Crippen molar-refractivity contribution in [3.63, 3.8) is 0 Å².